The van der Waals surface area contributed by atoms with Gasteiger partial charge in [0.25, 0.3) is 17.7 Å². The number of nitrogens with zero attached hydrogens (tertiary/aromatic N) is 7. The number of carbonyl (C=O) groups is 5. The summed E-state index contributed by atoms with van der Waals surface area (Å²) in [5.74, 6) is -0.477. The number of ether oxygens (including phenoxy) is 1. The molecule has 5 amide bonds. The molecule has 3 atom stereocenters. The molecule has 3 aromatic rings. The Bertz CT molecular complexity index is 2330. The lowest BCUT2D eigenvalue weighted by Gasteiger charge is -2.65. The predicted molar refractivity (Wildman–Crippen MR) is 223 cm³/mol. The van der Waals surface area contributed by atoms with Crippen molar-refractivity contribution in [2.45, 2.75) is 90.1 Å². The van der Waals surface area contributed by atoms with E-state index in [0.717, 1.165) is 68.4 Å². The third-order valence-corrected chi connectivity index (χ3v) is 14.3. The van der Waals surface area contributed by atoms with Gasteiger partial charge in [-0.1, -0.05) is 39.3 Å². The van der Waals surface area contributed by atoms with Crippen LogP contribution in [0.25, 0.3) is 0 Å². The van der Waals surface area contributed by atoms with E-state index in [1.807, 2.05) is 52.0 Å². The van der Waals surface area contributed by atoms with E-state index in [2.05, 4.69) is 19.7 Å². The van der Waals surface area contributed by atoms with Crippen LogP contribution in [0, 0.1) is 28.1 Å². The maximum Gasteiger partial charge on any atom is 0.262 e. The molecule has 7 aliphatic rings. The number of rotatable bonds is 9. The number of hydrogen-bond acceptors (Lipinski definition) is 11. The zero-order valence-corrected chi connectivity index (χ0v) is 35.0. The summed E-state index contributed by atoms with van der Waals surface area (Å²) in [5.41, 5.74) is 6.18. The van der Waals surface area contributed by atoms with Gasteiger partial charge in [0.1, 0.15) is 29.8 Å². The van der Waals surface area contributed by atoms with Gasteiger partial charge in [-0.2, -0.15) is 5.26 Å². The average molecular weight is 833 g/mol. The second-order valence-electron chi connectivity index (χ2n) is 18.5. The Morgan fingerprint density at radius 3 is 2.25 bits per heavy atom. The number of nitrogens with two attached hydrogens (primary N) is 1. The van der Waals surface area contributed by atoms with Crippen molar-refractivity contribution in [3.05, 3.63) is 82.0 Å². The molecule has 6 fully saturated rings. The second kappa shape index (κ2) is 14.6. The molecule has 10 rings (SSSR count). The average Bonchev–Trinajstić information content (AvgIpc) is 3.46. The third kappa shape index (κ3) is 6.39. The van der Waals surface area contributed by atoms with Gasteiger partial charge in [-0.05, 0) is 74.1 Å². The van der Waals surface area contributed by atoms with E-state index in [-0.39, 0.29) is 29.3 Å². The summed E-state index contributed by atoms with van der Waals surface area (Å²) in [6.07, 6.45) is 4.38. The van der Waals surface area contributed by atoms with Crippen LogP contribution in [0.3, 0.4) is 0 Å². The first-order chi connectivity index (χ1) is 28.6. The van der Waals surface area contributed by atoms with Gasteiger partial charge >= 0.3 is 0 Å². The number of benzene rings is 2. The topological polar surface area (TPSA) is 173 Å². The number of primary amides is 1. The first-order valence-corrected chi connectivity index (χ1v) is 21.2. The quantitative estimate of drug-likeness (QED) is 0.291. The van der Waals surface area contributed by atoms with Gasteiger partial charge in [0, 0.05) is 80.0 Å². The maximum atomic E-state index is 14.4. The van der Waals surface area contributed by atoms with Crippen molar-refractivity contribution in [1.82, 2.24) is 19.7 Å². The molecule has 2 bridgehead atoms. The van der Waals surface area contributed by atoms with Crippen LogP contribution in [0.4, 0.5) is 11.5 Å². The number of carbonyl (C=O) groups excluding carboxylic acids is 5. The van der Waals surface area contributed by atoms with Crippen molar-refractivity contribution in [2.75, 3.05) is 42.5 Å². The number of halogens is 1. The Balaban J connectivity index is 0.837. The predicted octanol–water partition coefficient (Wildman–Crippen LogP) is 4.88. The summed E-state index contributed by atoms with van der Waals surface area (Å²) in [6, 6.07) is 14.9. The van der Waals surface area contributed by atoms with Gasteiger partial charge in [0.05, 0.1) is 33.3 Å². The summed E-state index contributed by atoms with van der Waals surface area (Å²) >= 11 is 6.28. The molecule has 2 N–H and O–H groups in total. The number of fused-ring (bicyclic) bond motifs is 3. The number of pyridine rings is 1. The van der Waals surface area contributed by atoms with Crippen molar-refractivity contribution >= 4 is 52.6 Å². The van der Waals surface area contributed by atoms with Gasteiger partial charge in [0.2, 0.25) is 11.8 Å². The molecular weight excluding hydrogens is 784 g/mol. The van der Waals surface area contributed by atoms with E-state index in [0.29, 0.717) is 40.4 Å². The highest BCUT2D eigenvalue weighted by molar-refractivity contribution is 6.31. The van der Waals surface area contributed by atoms with Gasteiger partial charge in [-0.15, -0.1) is 0 Å². The molecule has 7 heterocycles. The minimum Gasteiger partial charge on any atom is -0.489 e. The molecule has 6 aliphatic heterocycles. The number of hydrogen-bond donors (Lipinski definition) is 1. The Hall–Kier alpha value is -5.52. The van der Waals surface area contributed by atoms with Gasteiger partial charge in [-0.3, -0.25) is 38.7 Å². The number of anilines is 2. The second-order valence-corrected chi connectivity index (χ2v) is 18.9. The number of likely N-dealkylation sites (tertiary alicyclic amines) is 1. The Morgan fingerprint density at radius 1 is 0.917 bits per heavy atom. The molecule has 2 aromatic carbocycles. The molecule has 1 aliphatic carbocycles. The van der Waals surface area contributed by atoms with E-state index < -0.39 is 52.6 Å². The van der Waals surface area contributed by atoms with Crippen LogP contribution < -0.4 is 20.3 Å². The van der Waals surface area contributed by atoms with Crippen LogP contribution in [0.2, 0.25) is 5.02 Å². The first kappa shape index (κ1) is 39.9. The van der Waals surface area contributed by atoms with Crippen LogP contribution in [0.1, 0.15) is 96.4 Å². The summed E-state index contributed by atoms with van der Waals surface area (Å²) in [4.78, 5) is 81.6. The fourth-order valence-electron chi connectivity index (χ4n) is 11.6. The fourth-order valence-corrected chi connectivity index (χ4v) is 11.8. The zero-order valence-electron chi connectivity index (χ0n) is 34.3. The van der Waals surface area contributed by atoms with Gasteiger partial charge < -0.3 is 20.3 Å². The van der Waals surface area contributed by atoms with Crippen molar-refractivity contribution in [3.63, 3.8) is 0 Å². The highest BCUT2D eigenvalue weighted by Crippen LogP contribution is 2.59. The van der Waals surface area contributed by atoms with Gasteiger partial charge in [0.15, 0.2) is 0 Å². The van der Waals surface area contributed by atoms with E-state index in [4.69, 9.17) is 22.1 Å². The highest BCUT2D eigenvalue weighted by atomic mass is 35.5. The summed E-state index contributed by atoms with van der Waals surface area (Å²) in [6.45, 7) is 12.4. The number of aromatic nitrogens is 1. The largest absolute Gasteiger partial charge is 0.489 e. The van der Waals surface area contributed by atoms with E-state index in [1.165, 1.54) is 11.1 Å². The van der Waals surface area contributed by atoms with E-state index >= 15 is 0 Å². The Labute approximate surface area is 354 Å². The van der Waals surface area contributed by atoms with Crippen molar-refractivity contribution in [3.8, 4) is 11.8 Å². The molecule has 0 radical (unpaired) electrons. The molecule has 312 valence electrons. The molecule has 5 saturated heterocycles. The monoisotopic (exact) mass is 832 g/mol. The first-order valence-electron chi connectivity index (χ1n) is 20.8. The minimum absolute atomic E-state index is 0.0185. The Kier molecular flexibility index (Phi) is 9.71. The van der Waals surface area contributed by atoms with Gasteiger partial charge in [-0.25, -0.2) is 4.98 Å². The number of piperidine rings is 3. The summed E-state index contributed by atoms with van der Waals surface area (Å²) in [7, 11) is 0. The SMILES string of the molecule is CC1(C)C(Oc2ccc(C#N)c(Cl)c2)C(C)(C)C1N1C(=O)CC[C@@H](N2C(=O)c3ccc(N4[C@@H]5C[C@@H]4CN(CC4CCN(c6ccc(C(N)=O)cn6)CC4)C5)cc3C2=O)C1=O. The summed E-state index contributed by atoms with van der Waals surface area (Å²) < 4.78 is 6.41. The van der Waals surface area contributed by atoms with Crippen LogP contribution >= 0.6 is 11.6 Å². The minimum atomic E-state index is -1.11. The zero-order chi connectivity index (χ0) is 42.4. The van der Waals surface area contributed by atoms with Crippen LogP contribution in [-0.2, 0) is 9.59 Å². The lowest BCUT2D eigenvalue weighted by molar-refractivity contribution is -0.216. The van der Waals surface area contributed by atoms with E-state index in [9.17, 15) is 29.2 Å². The normalized spacial score (nSPS) is 27.3. The molecule has 14 nitrogen and oxygen atoms in total. The fraction of sp³-hybridized carbons (Fsp3) is 0.489. The third-order valence-electron chi connectivity index (χ3n) is 14.0. The Morgan fingerprint density at radius 2 is 1.62 bits per heavy atom. The van der Waals surface area contributed by atoms with Crippen LogP contribution in [0.15, 0.2) is 54.7 Å². The van der Waals surface area contributed by atoms with Crippen molar-refractivity contribution in [1.29, 1.82) is 5.26 Å². The lowest BCUT2D eigenvalue weighted by Crippen LogP contribution is -2.77. The maximum absolute atomic E-state index is 14.4. The van der Waals surface area contributed by atoms with E-state index in [1.54, 1.807) is 30.3 Å². The number of nitriles is 1. The number of imide groups is 2. The van der Waals surface area contributed by atoms with Crippen molar-refractivity contribution in [2.24, 2.45) is 22.5 Å². The smallest absolute Gasteiger partial charge is 0.262 e. The highest BCUT2D eigenvalue weighted by Gasteiger charge is 2.68. The molecule has 1 aromatic heterocycles. The standard InChI is InChI=1S/C45H49ClN8O6/c1-44(2)42(45(3,4)43(44)60-31-8-5-26(20-47)34(46)19-31)54-37(55)12-10-35(41(54)59)53-39(57)32-9-7-28(18-33(32)40(53)58)52-29-17-30(52)24-50(23-29)22-25-13-15-51(16-14-25)36-11-6-27(21-49-36)38(48)56/h5-9,11,18-19,21,25,29-30,35,42-43H,10,12-17,22-24H2,1-4H3,(H2,48,56)/t29-,30-,35-,42?,43?/m1/s1. The molecule has 15 heteroatoms. The molecular formula is C45H49ClN8O6. The molecule has 60 heavy (non-hydrogen) atoms. The molecule has 0 spiro atoms. The summed E-state index contributed by atoms with van der Waals surface area (Å²) in [5, 5.41) is 9.56. The van der Waals surface area contributed by atoms with Crippen LogP contribution in [-0.4, -0.2) is 112 Å². The molecule has 1 saturated carbocycles. The lowest BCUT2D eigenvalue weighted by atomic mass is 9.48. The van der Waals surface area contributed by atoms with Crippen molar-refractivity contribution < 1.29 is 28.7 Å². The number of piperazine rings is 1. The number of amides is 5. The molecule has 0 unspecified atom stereocenters. The van der Waals surface area contributed by atoms with Crippen LogP contribution in [0.5, 0.6) is 5.75 Å².